The van der Waals surface area contributed by atoms with E-state index in [9.17, 15) is 5.11 Å². The summed E-state index contributed by atoms with van der Waals surface area (Å²) in [4.78, 5) is 0. The fourth-order valence-corrected chi connectivity index (χ4v) is 2.37. The van der Waals surface area contributed by atoms with Crippen LogP contribution < -0.4 is 5.73 Å². The number of ether oxygens (including phenoxy) is 2. The fraction of sp³-hybridized carbons (Fsp3) is 1.00. The Morgan fingerprint density at radius 2 is 1.71 bits per heavy atom. The lowest BCUT2D eigenvalue weighted by molar-refractivity contribution is -0.150. The molecule has 0 saturated carbocycles. The molecule has 2 fully saturated rings. The van der Waals surface area contributed by atoms with Crippen LogP contribution in [-0.2, 0) is 9.47 Å². The van der Waals surface area contributed by atoms with Crippen LogP contribution in [-0.4, -0.2) is 42.7 Å². The Hall–Kier alpha value is -0.160. The average molecular weight is 201 g/mol. The highest BCUT2D eigenvalue weighted by molar-refractivity contribution is 5.05. The molecule has 2 saturated heterocycles. The molecule has 0 amide bonds. The van der Waals surface area contributed by atoms with E-state index in [1.54, 1.807) is 0 Å². The van der Waals surface area contributed by atoms with Gasteiger partial charge in [0.05, 0.1) is 12.1 Å². The third-order valence-electron chi connectivity index (χ3n) is 3.53. The largest absolute Gasteiger partial charge is 0.386 e. The zero-order valence-electron chi connectivity index (χ0n) is 8.50. The van der Waals surface area contributed by atoms with Crippen molar-refractivity contribution in [2.45, 2.75) is 36.8 Å². The Morgan fingerprint density at radius 3 is 2.29 bits per heavy atom. The number of rotatable bonds is 1. The molecular weight excluding hydrogens is 182 g/mol. The second-order valence-corrected chi connectivity index (χ2v) is 4.46. The third-order valence-corrected chi connectivity index (χ3v) is 3.53. The third kappa shape index (κ3) is 1.67. The van der Waals surface area contributed by atoms with E-state index >= 15 is 0 Å². The van der Waals surface area contributed by atoms with Crippen LogP contribution in [0, 0.1) is 0 Å². The lowest BCUT2D eigenvalue weighted by Gasteiger charge is -2.48. The van der Waals surface area contributed by atoms with Crippen molar-refractivity contribution in [1.82, 2.24) is 0 Å². The van der Waals surface area contributed by atoms with Crippen molar-refractivity contribution in [3.8, 4) is 0 Å². The molecular formula is C10H19NO3. The Morgan fingerprint density at radius 1 is 1.00 bits per heavy atom. The highest BCUT2D eigenvalue weighted by Crippen LogP contribution is 2.35. The van der Waals surface area contributed by atoms with E-state index in [0.717, 1.165) is 32.3 Å². The zero-order chi connectivity index (χ0) is 10.1. The van der Waals surface area contributed by atoms with Crippen molar-refractivity contribution >= 4 is 0 Å². The number of hydrogen-bond acceptors (Lipinski definition) is 4. The van der Waals surface area contributed by atoms with Crippen LogP contribution in [0.25, 0.3) is 0 Å². The minimum Gasteiger partial charge on any atom is -0.386 e. The summed E-state index contributed by atoms with van der Waals surface area (Å²) in [6, 6.07) is 0. The molecule has 2 rings (SSSR count). The summed E-state index contributed by atoms with van der Waals surface area (Å²) in [6.07, 6.45) is 3.11. The van der Waals surface area contributed by atoms with Gasteiger partial charge in [0.1, 0.15) is 5.60 Å². The van der Waals surface area contributed by atoms with Crippen LogP contribution in [0.5, 0.6) is 0 Å². The molecule has 0 spiro atoms. The average Bonchev–Trinajstić information content (AvgIpc) is 2.20. The van der Waals surface area contributed by atoms with Crippen molar-refractivity contribution < 1.29 is 14.6 Å². The van der Waals surface area contributed by atoms with Gasteiger partial charge in [0.2, 0.25) is 0 Å². The predicted octanol–water partition coefficient (Wildman–Crippen LogP) is 0.0358. The van der Waals surface area contributed by atoms with Gasteiger partial charge in [-0.3, -0.25) is 0 Å². The minimum atomic E-state index is -0.838. The molecule has 2 aliphatic heterocycles. The summed E-state index contributed by atoms with van der Waals surface area (Å²) < 4.78 is 10.6. The van der Waals surface area contributed by atoms with Crippen LogP contribution in [0.15, 0.2) is 0 Å². The number of aliphatic hydroxyl groups is 1. The van der Waals surface area contributed by atoms with Gasteiger partial charge in [-0.25, -0.2) is 0 Å². The van der Waals surface area contributed by atoms with E-state index < -0.39 is 11.1 Å². The maximum Gasteiger partial charge on any atom is 0.106 e. The Labute approximate surface area is 84.4 Å². The van der Waals surface area contributed by atoms with Crippen LogP contribution in [0.4, 0.5) is 0 Å². The van der Waals surface area contributed by atoms with E-state index in [1.165, 1.54) is 0 Å². The second kappa shape index (κ2) is 3.77. The zero-order valence-corrected chi connectivity index (χ0v) is 8.50. The topological polar surface area (TPSA) is 64.7 Å². The summed E-state index contributed by atoms with van der Waals surface area (Å²) in [7, 11) is 0. The molecule has 0 radical (unpaired) electrons. The van der Waals surface area contributed by atoms with E-state index in [1.807, 2.05) is 0 Å². The molecule has 4 nitrogen and oxygen atoms in total. The van der Waals surface area contributed by atoms with Crippen molar-refractivity contribution in [3.05, 3.63) is 0 Å². The van der Waals surface area contributed by atoms with Gasteiger partial charge in [-0.1, -0.05) is 0 Å². The summed E-state index contributed by atoms with van der Waals surface area (Å²) in [6.45, 7) is 2.43. The number of nitrogens with two attached hydrogens (primary N) is 1. The first kappa shape index (κ1) is 10.4. The summed E-state index contributed by atoms with van der Waals surface area (Å²) in [5.74, 6) is 0. The summed E-state index contributed by atoms with van der Waals surface area (Å²) in [5, 5.41) is 10.4. The smallest absolute Gasteiger partial charge is 0.106 e. The first-order chi connectivity index (χ1) is 6.66. The van der Waals surface area contributed by atoms with Crippen LogP contribution in [0.1, 0.15) is 25.7 Å². The SMILES string of the molecule is NC1(C2(O)CCCOC2)CCOCC1. The van der Waals surface area contributed by atoms with Crippen molar-refractivity contribution in [2.24, 2.45) is 5.73 Å². The summed E-state index contributed by atoms with van der Waals surface area (Å²) >= 11 is 0. The highest BCUT2D eigenvalue weighted by Gasteiger charge is 2.49. The molecule has 2 heterocycles. The van der Waals surface area contributed by atoms with Gasteiger partial charge in [0, 0.05) is 19.8 Å². The molecule has 1 atom stereocenters. The van der Waals surface area contributed by atoms with Crippen molar-refractivity contribution in [3.63, 3.8) is 0 Å². The first-order valence-electron chi connectivity index (χ1n) is 5.33. The highest BCUT2D eigenvalue weighted by atomic mass is 16.5. The van der Waals surface area contributed by atoms with Gasteiger partial charge in [0.15, 0.2) is 0 Å². The van der Waals surface area contributed by atoms with Gasteiger partial charge in [-0.2, -0.15) is 0 Å². The molecule has 0 aromatic heterocycles. The van der Waals surface area contributed by atoms with Crippen molar-refractivity contribution in [1.29, 1.82) is 0 Å². The minimum absolute atomic E-state index is 0.378. The molecule has 0 aromatic carbocycles. The lowest BCUT2D eigenvalue weighted by atomic mass is 9.72. The Kier molecular flexibility index (Phi) is 2.79. The van der Waals surface area contributed by atoms with E-state index in [-0.39, 0.29) is 0 Å². The van der Waals surface area contributed by atoms with Gasteiger partial charge < -0.3 is 20.3 Å². The first-order valence-corrected chi connectivity index (χ1v) is 5.33. The molecule has 14 heavy (non-hydrogen) atoms. The van der Waals surface area contributed by atoms with E-state index in [0.29, 0.717) is 19.8 Å². The second-order valence-electron chi connectivity index (χ2n) is 4.46. The van der Waals surface area contributed by atoms with Gasteiger partial charge >= 0.3 is 0 Å². The van der Waals surface area contributed by atoms with E-state index in [4.69, 9.17) is 15.2 Å². The standard InChI is InChI=1S/C10H19NO3/c11-9(3-6-13-7-4-9)10(12)2-1-5-14-8-10/h12H,1-8,11H2. The van der Waals surface area contributed by atoms with Crippen LogP contribution in [0.3, 0.4) is 0 Å². The monoisotopic (exact) mass is 201 g/mol. The maximum atomic E-state index is 10.4. The molecule has 0 aromatic rings. The molecule has 3 N–H and O–H groups in total. The predicted molar refractivity (Wildman–Crippen MR) is 52.0 cm³/mol. The van der Waals surface area contributed by atoms with E-state index in [2.05, 4.69) is 0 Å². The lowest BCUT2D eigenvalue weighted by Crippen LogP contribution is -2.66. The van der Waals surface area contributed by atoms with Gasteiger partial charge in [-0.15, -0.1) is 0 Å². The van der Waals surface area contributed by atoms with Gasteiger partial charge in [0.25, 0.3) is 0 Å². The fourth-order valence-electron chi connectivity index (χ4n) is 2.37. The Balaban J connectivity index is 2.09. The molecule has 2 aliphatic rings. The molecule has 0 bridgehead atoms. The molecule has 1 unspecified atom stereocenters. The quantitative estimate of drug-likeness (QED) is 0.628. The number of hydrogen-bond donors (Lipinski definition) is 2. The normalized spacial score (nSPS) is 38.1. The summed E-state index contributed by atoms with van der Waals surface area (Å²) in [5.41, 5.74) is 4.91. The maximum absolute atomic E-state index is 10.4. The molecule has 4 heteroatoms. The Bertz CT molecular complexity index is 174. The van der Waals surface area contributed by atoms with Crippen molar-refractivity contribution in [2.75, 3.05) is 26.4 Å². The van der Waals surface area contributed by atoms with Gasteiger partial charge in [-0.05, 0) is 25.7 Å². The molecule has 82 valence electrons. The molecule has 0 aliphatic carbocycles. The van der Waals surface area contributed by atoms with Crippen LogP contribution >= 0.6 is 0 Å². The van der Waals surface area contributed by atoms with Crippen LogP contribution in [0.2, 0.25) is 0 Å².